The van der Waals surface area contributed by atoms with Gasteiger partial charge in [-0.2, -0.15) is 0 Å². The van der Waals surface area contributed by atoms with Gasteiger partial charge in [-0.25, -0.2) is 4.79 Å². The maximum absolute atomic E-state index is 13.0. The minimum absolute atomic E-state index is 0.142. The Bertz CT molecular complexity index is 829. The molecule has 1 saturated heterocycles. The number of allylic oxidation sites excluding steroid dienone is 2. The van der Waals surface area contributed by atoms with Crippen molar-refractivity contribution in [1.29, 1.82) is 0 Å². The lowest BCUT2D eigenvalue weighted by Crippen LogP contribution is -2.45. The summed E-state index contributed by atoms with van der Waals surface area (Å²) in [7, 11) is 0. The summed E-state index contributed by atoms with van der Waals surface area (Å²) in [5.41, 5.74) is 0. The number of amides is 2. The third-order valence-electron chi connectivity index (χ3n) is 6.47. The SMILES string of the molecule is CC(C(=O)Oc1ccccc1Cl)N1C(=O)C2C3C=CC(C4CC34)C2C1=O. The molecule has 4 aliphatic carbocycles. The van der Waals surface area contributed by atoms with E-state index >= 15 is 0 Å². The Balaban J connectivity index is 1.39. The summed E-state index contributed by atoms with van der Waals surface area (Å²) >= 11 is 6.02. The number of rotatable bonds is 3. The average Bonchev–Trinajstić information content (AvgIpc) is 3.41. The number of likely N-dealkylation sites (tertiary alicyclic amines) is 1. The third kappa shape index (κ3) is 2.07. The van der Waals surface area contributed by atoms with Crippen molar-refractivity contribution >= 4 is 29.4 Å². The molecule has 5 nitrogen and oxygen atoms in total. The fraction of sp³-hybridized carbons (Fsp3) is 0.450. The number of carbonyl (C=O) groups is 3. The summed E-state index contributed by atoms with van der Waals surface area (Å²) in [5, 5.41) is 0.308. The molecule has 0 aromatic heterocycles. The first-order chi connectivity index (χ1) is 12.5. The molecule has 1 aliphatic heterocycles. The first-order valence-electron chi connectivity index (χ1n) is 9.00. The number of benzene rings is 1. The van der Waals surface area contributed by atoms with Crippen LogP contribution in [0.5, 0.6) is 5.75 Å². The number of imide groups is 1. The van der Waals surface area contributed by atoms with Crippen LogP contribution in [0.2, 0.25) is 5.02 Å². The molecule has 1 aromatic carbocycles. The van der Waals surface area contributed by atoms with E-state index < -0.39 is 12.0 Å². The molecular weight excluding hydrogens is 354 g/mol. The number of esters is 1. The summed E-state index contributed by atoms with van der Waals surface area (Å²) in [6.45, 7) is 1.54. The fourth-order valence-electron chi connectivity index (χ4n) is 5.19. The van der Waals surface area contributed by atoms with Gasteiger partial charge in [0, 0.05) is 0 Å². The molecule has 0 spiro atoms. The highest BCUT2D eigenvalue weighted by Gasteiger charge is 2.67. The number of carbonyl (C=O) groups excluding carboxylic acids is 3. The number of hydrogen-bond donors (Lipinski definition) is 0. The van der Waals surface area contributed by atoms with Gasteiger partial charge in [0.2, 0.25) is 11.8 Å². The first-order valence-corrected chi connectivity index (χ1v) is 9.38. The molecule has 2 bridgehead atoms. The largest absolute Gasteiger partial charge is 0.423 e. The van der Waals surface area contributed by atoms with E-state index in [1.807, 2.05) is 0 Å². The second-order valence-corrected chi connectivity index (χ2v) is 8.14. The Morgan fingerprint density at radius 1 is 1.12 bits per heavy atom. The fourth-order valence-corrected chi connectivity index (χ4v) is 5.36. The van der Waals surface area contributed by atoms with Crippen molar-refractivity contribution in [2.45, 2.75) is 19.4 Å². The molecule has 2 amide bonds. The van der Waals surface area contributed by atoms with Gasteiger partial charge in [-0.1, -0.05) is 35.9 Å². The smallest absolute Gasteiger partial charge is 0.334 e. The summed E-state index contributed by atoms with van der Waals surface area (Å²) in [5.74, 6) is -0.141. The maximum Gasteiger partial charge on any atom is 0.334 e. The van der Waals surface area contributed by atoms with Crippen LogP contribution in [0, 0.1) is 35.5 Å². The van der Waals surface area contributed by atoms with Gasteiger partial charge in [-0.15, -0.1) is 0 Å². The molecule has 6 heteroatoms. The summed E-state index contributed by atoms with van der Waals surface area (Å²) in [4.78, 5) is 39.7. The normalized spacial score (nSPS) is 37.4. The second-order valence-electron chi connectivity index (χ2n) is 7.73. The van der Waals surface area contributed by atoms with Crippen LogP contribution < -0.4 is 4.74 Å². The Labute approximate surface area is 155 Å². The molecule has 1 aromatic rings. The van der Waals surface area contributed by atoms with Crippen LogP contribution >= 0.6 is 11.6 Å². The lowest BCUT2D eigenvalue weighted by molar-refractivity contribution is -0.152. The number of halogens is 1. The minimum atomic E-state index is -0.965. The Hall–Kier alpha value is -2.14. The number of hydrogen-bond acceptors (Lipinski definition) is 4. The minimum Gasteiger partial charge on any atom is -0.423 e. The van der Waals surface area contributed by atoms with E-state index in [1.54, 1.807) is 31.2 Å². The molecule has 0 radical (unpaired) electrons. The predicted octanol–water partition coefficient (Wildman–Crippen LogP) is 2.69. The molecule has 134 valence electrons. The summed E-state index contributed by atoms with van der Waals surface area (Å²) in [6, 6.07) is 5.67. The predicted molar refractivity (Wildman–Crippen MR) is 93.1 cm³/mol. The highest BCUT2D eigenvalue weighted by molar-refractivity contribution is 6.32. The Morgan fingerprint density at radius 3 is 2.27 bits per heavy atom. The van der Waals surface area contributed by atoms with Crippen LogP contribution in [0.4, 0.5) is 0 Å². The van der Waals surface area contributed by atoms with Crippen molar-refractivity contribution in [3.63, 3.8) is 0 Å². The van der Waals surface area contributed by atoms with E-state index in [1.165, 1.54) is 0 Å². The topological polar surface area (TPSA) is 63.7 Å². The van der Waals surface area contributed by atoms with Gasteiger partial charge in [0.25, 0.3) is 0 Å². The molecule has 26 heavy (non-hydrogen) atoms. The molecule has 5 aliphatic rings. The van der Waals surface area contributed by atoms with Gasteiger partial charge >= 0.3 is 5.97 Å². The van der Waals surface area contributed by atoms with E-state index in [9.17, 15) is 14.4 Å². The molecule has 6 rings (SSSR count). The molecular formula is C20H18ClNO4. The molecule has 0 N–H and O–H groups in total. The lowest BCUT2D eigenvalue weighted by Gasteiger charge is -2.37. The average molecular weight is 372 g/mol. The highest BCUT2D eigenvalue weighted by atomic mass is 35.5. The highest BCUT2D eigenvalue weighted by Crippen LogP contribution is 2.65. The van der Waals surface area contributed by atoms with Gasteiger partial charge in [0.1, 0.15) is 11.8 Å². The Morgan fingerprint density at radius 2 is 1.69 bits per heavy atom. The first kappa shape index (κ1) is 16.1. The van der Waals surface area contributed by atoms with Crippen molar-refractivity contribution < 1.29 is 19.1 Å². The second kappa shape index (κ2) is 5.43. The van der Waals surface area contributed by atoms with Crippen molar-refractivity contribution in [1.82, 2.24) is 4.90 Å². The van der Waals surface area contributed by atoms with Crippen LogP contribution in [0.15, 0.2) is 36.4 Å². The van der Waals surface area contributed by atoms with Gasteiger partial charge in [0.15, 0.2) is 0 Å². The van der Waals surface area contributed by atoms with Crippen LogP contribution in [0.25, 0.3) is 0 Å². The zero-order valence-electron chi connectivity index (χ0n) is 14.2. The molecule has 7 unspecified atom stereocenters. The zero-order valence-corrected chi connectivity index (χ0v) is 14.9. The standard InChI is InChI=1S/C20H18ClNO4/c1-9(20(25)26-15-5-3-2-4-14(15)21)22-18(23)16-10-6-7-11(13-8-12(10)13)17(16)19(22)24/h2-7,9-13,16-17H,8H2,1H3. The van der Waals surface area contributed by atoms with Gasteiger partial charge in [-0.3, -0.25) is 14.5 Å². The number of para-hydroxylation sites is 1. The van der Waals surface area contributed by atoms with Crippen LogP contribution in [0.1, 0.15) is 13.3 Å². The van der Waals surface area contributed by atoms with Crippen LogP contribution in [-0.4, -0.2) is 28.7 Å². The van der Waals surface area contributed by atoms with Crippen molar-refractivity contribution in [3.8, 4) is 5.75 Å². The van der Waals surface area contributed by atoms with E-state index in [-0.39, 0.29) is 41.2 Å². The van der Waals surface area contributed by atoms with Gasteiger partial charge in [0.05, 0.1) is 16.9 Å². The van der Waals surface area contributed by atoms with E-state index in [0.29, 0.717) is 16.9 Å². The van der Waals surface area contributed by atoms with Crippen molar-refractivity contribution in [2.24, 2.45) is 35.5 Å². The molecule has 1 heterocycles. The van der Waals surface area contributed by atoms with Gasteiger partial charge in [-0.05, 0) is 49.1 Å². The van der Waals surface area contributed by atoms with Crippen LogP contribution in [-0.2, 0) is 14.4 Å². The van der Waals surface area contributed by atoms with Crippen LogP contribution in [0.3, 0.4) is 0 Å². The van der Waals surface area contributed by atoms with E-state index in [0.717, 1.165) is 11.3 Å². The molecule has 2 saturated carbocycles. The lowest BCUT2D eigenvalue weighted by atomic mass is 9.63. The number of nitrogens with zero attached hydrogens (tertiary/aromatic N) is 1. The maximum atomic E-state index is 13.0. The molecule has 7 atom stereocenters. The summed E-state index contributed by atoms with van der Waals surface area (Å²) in [6.07, 6.45) is 5.34. The number of ether oxygens (including phenoxy) is 1. The van der Waals surface area contributed by atoms with Crippen molar-refractivity contribution in [2.75, 3.05) is 0 Å². The third-order valence-corrected chi connectivity index (χ3v) is 6.78. The molecule has 3 fully saturated rings. The Kier molecular flexibility index (Phi) is 3.35. The van der Waals surface area contributed by atoms with E-state index in [2.05, 4.69) is 12.2 Å². The van der Waals surface area contributed by atoms with Crippen molar-refractivity contribution in [3.05, 3.63) is 41.4 Å². The zero-order chi connectivity index (χ0) is 18.2. The summed E-state index contributed by atoms with van der Waals surface area (Å²) < 4.78 is 5.34. The van der Waals surface area contributed by atoms with Gasteiger partial charge < -0.3 is 4.74 Å². The van der Waals surface area contributed by atoms with E-state index in [4.69, 9.17) is 16.3 Å². The monoisotopic (exact) mass is 371 g/mol. The quantitative estimate of drug-likeness (QED) is 0.354.